The molecule has 4 nitrogen and oxygen atoms in total. The highest BCUT2D eigenvalue weighted by molar-refractivity contribution is 6.07. The summed E-state index contributed by atoms with van der Waals surface area (Å²) >= 11 is 0. The highest BCUT2D eigenvalue weighted by atomic mass is 16.6. The first-order chi connectivity index (χ1) is 9.84. The van der Waals surface area contributed by atoms with E-state index in [-0.39, 0.29) is 12.2 Å². The van der Waals surface area contributed by atoms with Crippen molar-refractivity contribution in [2.45, 2.75) is 6.23 Å². The van der Waals surface area contributed by atoms with Crippen molar-refractivity contribution < 1.29 is 14.3 Å². The molecule has 20 heavy (non-hydrogen) atoms. The van der Waals surface area contributed by atoms with Gasteiger partial charge in [-0.1, -0.05) is 30.3 Å². The van der Waals surface area contributed by atoms with Crippen molar-refractivity contribution >= 4 is 16.7 Å². The Labute approximate surface area is 116 Å². The van der Waals surface area contributed by atoms with Gasteiger partial charge < -0.3 is 9.47 Å². The maximum Gasteiger partial charge on any atom is 0.340 e. The van der Waals surface area contributed by atoms with E-state index in [2.05, 4.69) is 11.0 Å². The predicted molar refractivity (Wildman–Crippen MR) is 74.5 cm³/mol. The lowest BCUT2D eigenvalue weighted by atomic mass is 9.95. The van der Waals surface area contributed by atoms with E-state index in [1.165, 1.54) is 0 Å². The number of hydrogen-bond donors (Lipinski definition) is 0. The van der Waals surface area contributed by atoms with Gasteiger partial charge in [0.15, 0.2) is 6.23 Å². The van der Waals surface area contributed by atoms with Crippen LogP contribution >= 0.6 is 0 Å². The molecular formula is C16H15NO3. The fourth-order valence-electron chi connectivity index (χ4n) is 3.06. The van der Waals surface area contributed by atoms with E-state index in [9.17, 15) is 4.79 Å². The molecule has 0 aliphatic carbocycles. The van der Waals surface area contributed by atoms with Crippen molar-refractivity contribution in [3.05, 3.63) is 47.5 Å². The Balaban J connectivity index is 1.88. The van der Waals surface area contributed by atoms with Crippen LogP contribution in [0, 0.1) is 0 Å². The van der Waals surface area contributed by atoms with Crippen LogP contribution in [0.3, 0.4) is 0 Å². The van der Waals surface area contributed by atoms with Crippen LogP contribution < -0.4 is 0 Å². The Kier molecular flexibility index (Phi) is 2.72. The molecule has 102 valence electrons. The number of morpholine rings is 1. The summed E-state index contributed by atoms with van der Waals surface area (Å²) in [4.78, 5) is 14.4. The quantitative estimate of drug-likeness (QED) is 0.745. The van der Waals surface area contributed by atoms with Gasteiger partial charge in [-0.3, -0.25) is 4.90 Å². The molecule has 1 fully saturated rings. The lowest BCUT2D eigenvalue weighted by molar-refractivity contribution is -0.0750. The molecule has 2 aromatic carbocycles. The van der Waals surface area contributed by atoms with Gasteiger partial charge in [0.25, 0.3) is 0 Å². The monoisotopic (exact) mass is 269 g/mol. The standard InChI is InChI=1S/C16H15NO3/c18-16-13-6-2-4-11-3-1-5-12(14(11)13)15(20-16)17-7-9-19-10-8-17/h1-6,15H,7-10H2/t15-/m1/s1. The van der Waals surface area contributed by atoms with E-state index in [1.807, 2.05) is 30.3 Å². The van der Waals surface area contributed by atoms with Crippen LogP contribution in [0.4, 0.5) is 0 Å². The molecule has 0 saturated carbocycles. The first-order valence-corrected chi connectivity index (χ1v) is 6.89. The topological polar surface area (TPSA) is 38.8 Å². The van der Waals surface area contributed by atoms with Gasteiger partial charge in [0.2, 0.25) is 0 Å². The third kappa shape index (κ3) is 1.72. The van der Waals surface area contributed by atoms with Crippen LogP contribution in [-0.4, -0.2) is 37.2 Å². The van der Waals surface area contributed by atoms with Crippen LogP contribution in [0.15, 0.2) is 36.4 Å². The van der Waals surface area contributed by atoms with E-state index in [0.717, 1.165) is 29.4 Å². The molecule has 0 N–H and O–H groups in total. The average molecular weight is 269 g/mol. The Hall–Kier alpha value is -1.91. The maximum absolute atomic E-state index is 12.2. The summed E-state index contributed by atoms with van der Waals surface area (Å²) in [6.45, 7) is 2.95. The number of rotatable bonds is 1. The molecule has 2 aliphatic rings. The molecule has 0 bridgehead atoms. The van der Waals surface area contributed by atoms with Crippen LogP contribution in [0.25, 0.3) is 10.8 Å². The van der Waals surface area contributed by atoms with Crippen molar-refractivity contribution in [1.29, 1.82) is 0 Å². The van der Waals surface area contributed by atoms with Gasteiger partial charge >= 0.3 is 5.97 Å². The van der Waals surface area contributed by atoms with Crippen molar-refractivity contribution in [2.24, 2.45) is 0 Å². The largest absolute Gasteiger partial charge is 0.438 e. The Morgan fingerprint density at radius 3 is 2.60 bits per heavy atom. The SMILES string of the molecule is O=C1O[C@@H](N2CCOCC2)c2cccc3cccc1c23. The number of esters is 1. The summed E-state index contributed by atoms with van der Waals surface area (Å²) in [6.07, 6.45) is -0.287. The third-order valence-corrected chi connectivity index (χ3v) is 4.02. The number of carbonyl (C=O) groups is 1. The zero-order valence-electron chi connectivity index (χ0n) is 11.0. The molecule has 0 radical (unpaired) electrons. The highest BCUT2D eigenvalue weighted by Crippen LogP contribution is 2.36. The van der Waals surface area contributed by atoms with Crippen molar-refractivity contribution in [1.82, 2.24) is 4.90 Å². The third-order valence-electron chi connectivity index (χ3n) is 4.02. The van der Waals surface area contributed by atoms with Crippen LogP contribution in [0.5, 0.6) is 0 Å². The maximum atomic E-state index is 12.2. The molecule has 0 amide bonds. The molecule has 0 unspecified atom stereocenters. The zero-order valence-corrected chi connectivity index (χ0v) is 11.0. The molecule has 1 atom stereocenters. The average Bonchev–Trinajstić information content (AvgIpc) is 2.52. The second kappa shape index (κ2) is 4.58. The normalized spacial score (nSPS) is 22.8. The molecule has 1 saturated heterocycles. The molecule has 4 rings (SSSR count). The zero-order chi connectivity index (χ0) is 13.5. The summed E-state index contributed by atoms with van der Waals surface area (Å²) < 4.78 is 11.1. The van der Waals surface area contributed by atoms with E-state index < -0.39 is 0 Å². The van der Waals surface area contributed by atoms with Gasteiger partial charge in [0.1, 0.15) is 0 Å². The molecule has 0 spiro atoms. The molecule has 2 aliphatic heterocycles. The second-order valence-electron chi connectivity index (χ2n) is 5.16. The predicted octanol–water partition coefficient (Wildman–Crippen LogP) is 2.34. The van der Waals surface area contributed by atoms with E-state index in [0.29, 0.717) is 18.8 Å². The van der Waals surface area contributed by atoms with Gasteiger partial charge in [-0.15, -0.1) is 0 Å². The summed E-state index contributed by atoms with van der Waals surface area (Å²) in [5, 5.41) is 2.12. The van der Waals surface area contributed by atoms with E-state index in [1.54, 1.807) is 0 Å². The van der Waals surface area contributed by atoms with Gasteiger partial charge in [0, 0.05) is 24.0 Å². The first-order valence-electron chi connectivity index (χ1n) is 6.89. The number of hydrogen-bond acceptors (Lipinski definition) is 4. The second-order valence-corrected chi connectivity index (χ2v) is 5.16. The van der Waals surface area contributed by atoms with Gasteiger partial charge in [-0.25, -0.2) is 4.79 Å². The fraction of sp³-hybridized carbons (Fsp3) is 0.312. The number of cyclic esters (lactones) is 1. The van der Waals surface area contributed by atoms with E-state index >= 15 is 0 Å². The van der Waals surface area contributed by atoms with Gasteiger partial charge in [-0.05, 0) is 11.5 Å². The lowest BCUT2D eigenvalue weighted by Gasteiger charge is -2.36. The molecule has 2 aromatic rings. The molecular weight excluding hydrogens is 254 g/mol. The minimum Gasteiger partial charge on any atom is -0.438 e. The summed E-state index contributed by atoms with van der Waals surface area (Å²) in [5.74, 6) is -0.231. The van der Waals surface area contributed by atoms with E-state index in [4.69, 9.17) is 9.47 Å². The highest BCUT2D eigenvalue weighted by Gasteiger charge is 2.33. The molecule has 0 aromatic heterocycles. The Bertz CT molecular complexity index is 671. The smallest absolute Gasteiger partial charge is 0.340 e. The summed E-state index contributed by atoms with van der Waals surface area (Å²) in [5.41, 5.74) is 1.75. The minimum absolute atomic E-state index is 0.231. The van der Waals surface area contributed by atoms with Crippen LogP contribution in [0.2, 0.25) is 0 Å². The Morgan fingerprint density at radius 2 is 1.80 bits per heavy atom. The fourth-order valence-corrected chi connectivity index (χ4v) is 3.06. The Morgan fingerprint density at radius 1 is 1.05 bits per heavy atom. The van der Waals surface area contributed by atoms with Crippen molar-refractivity contribution in [2.75, 3.05) is 26.3 Å². The summed E-state index contributed by atoms with van der Waals surface area (Å²) in [6, 6.07) is 11.9. The molecule has 2 heterocycles. The minimum atomic E-state index is -0.287. The van der Waals surface area contributed by atoms with Crippen molar-refractivity contribution in [3.8, 4) is 0 Å². The number of carbonyl (C=O) groups excluding carboxylic acids is 1. The number of nitrogens with zero attached hydrogens (tertiary/aromatic N) is 1. The van der Waals surface area contributed by atoms with Gasteiger partial charge in [0.05, 0.1) is 18.8 Å². The lowest BCUT2D eigenvalue weighted by Crippen LogP contribution is -2.42. The van der Waals surface area contributed by atoms with Crippen molar-refractivity contribution in [3.63, 3.8) is 0 Å². The van der Waals surface area contributed by atoms with Crippen LogP contribution in [0.1, 0.15) is 22.1 Å². The number of ether oxygens (including phenoxy) is 2. The van der Waals surface area contributed by atoms with Crippen LogP contribution in [-0.2, 0) is 9.47 Å². The van der Waals surface area contributed by atoms with Gasteiger partial charge in [-0.2, -0.15) is 0 Å². The number of benzene rings is 2. The first kappa shape index (κ1) is 11.9. The summed E-state index contributed by atoms with van der Waals surface area (Å²) in [7, 11) is 0. The molecule has 4 heteroatoms.